The maximum Gasteiger partial charge on any atom is 0.169 e. The van der Waals surface area contributed by atoms with Gasteiger partial charge in [-0.15, -0.1) is 11.3 Å². The lowest BCUT2D eigenvalue weighted by Crippen LogP contribution is -2.06. The minimum atomic E-state index is 0.0651. The SMILES string of the molecule is Cc1nc(CC(=O)c2cc(Cl)ccc2C)cs1. The average Bonchev–Trinajstić information content (AvgIpc) is 2.67. The van der Waals surface area contributed by atoms with Gasteiger partial charge in [-0.25, -0.2) is 4.98 Å². The van der Waals surface area contributed by atoms with E-state index in [0.29, 0.717) is 17.0 Å². The van der Waals surface area contributed by atoms with Crippen molar-refractivity contribution in [1.82, 2.24) is 4.98 Å². The zero-order valence-electron chi connectivity index (χ0n) is 9.66. The Bertz CT molecular complexity index is 562. The number of Topliss-reactive ketones (excluding diaryl/α,β-unsaturated/α-hetero) is 1. The minimum Gasteiger partial charge on any atom is -0.294 e. The summed E-state index contributed by atoms with van der Waals surface area (Å²) >= 11 is 7.46. The molecule has 1 aromatic heterocycles. The molecule has 4 heteroatoms. The molecule has 0 saturated carbocycles. The van der Waals surface area contributed by atoms with Crippen molar-refractivity contribution in [3.8, 4) is 0 Å². The van der Waals surface area contributed by atoms with Gasteiger partial charge in [0, 0.05) is 16.0 Å². The van der Waals surface area contributed by atoms with Gasteiger partial charge in [-0.3, -0.25) is 4.79 Å². The summed E-state index contributed by atoms with van der Waals surface area (Å²) < 4.78 is 0. The van der Waals surface area contributed by atoms with E-state index < -0.39 is 0 Å². The van der Waals surface area contributed by atoms with Gasteiger partial charge in [0.25, 0.3) is 0 Å². The number of rotatable bonds is 3. The second kappa shape index (κ2) is 4.98. The summed E-state index contributed by atoms with van der Waals surface area (Å²) in [4.78, 5) is 16.4. The Hall–Kier alpha value is -1.19. The highest BCUT2D eigenvalue weighted by molar-refractivity contribution is 7.09. The molecule has 0 aliphatic heterocycles. The number of benzene rings is 1. The van der Waals surface area contributed by atoms with Gasteiger partial charge >= 0.3 is 0 Å². The van der Waals surface area contributed by atoms with Crippen LogP contribution in [0.2, 0.25) is 5.02 Å². The first-order valence-corrected chi connectivity index (χ1v) is 6.52. The smallest absolute Gasteiger partial charge is 0.169 e. The monoisotopic (exact) mass is 265 g/mol. The summed E-state index contributed by atoms with van der Waals surface area (Å²) in [5, 5.41) is 3.50. The number of nitrogens with zero attached hydrogens (tertiary/aromatic N) is 1. The van der Waals surface area contributed by atoms with E-state index in [0.717, 1.165) is 16.3 Å². The highest BCUT2D eigenvalue weighted by atomic mass is 35.5. The van der Waals surface area contributed by atoms with Gasteiger partial charge in [-0.1, -0.05) is 17.7 Å². The van der Waals surface area contributed by atoms with Crippen molar-refractivity contribution in [3.05, 3.63) is 50.4 Å². The lowest BCUT2D eigenvalue weighted by molar-refractivity contribution is 0.0991. The molecule has 0 unspecified atom stereocenters. The van der Waals surface area contributed by atoms with Gasteiger partial charge < -0.3 is 0 Å². The summed E-state index contributed by atoms with van der Waals surface area (Å²) in [5.74, 6) is 0.0651. The molecule has 1 aromatic carbocycles. The first-order chi connectivity index (χ1) is 8.06. The standard InChI is InChI=1S/C13H12ClNOS/c1-8-3-4-10(14)5-12(8)13(16)6-11-7-17-9(2)15-11/h3-5,7H,6H2,1-2H3. The molecule has 0 bridgehead atoms. The molecule has 0 saturated heterocycles. The maximum absolute atomic E-state index is 12.1. The lowest BCUT2D eigenvalue weighted by Gasteiger charge is -2.04. The minimum absolute atomic E-state index is 0.0651. The summed E-state index contributed by atoms with van der Waals surface area (Å²) in [5.41, 5.74) is 2.46. The Kier molecular flexibility index (Phi) is 3.60. The van der Waals surface area contributed by atoms with Crippen LogP contribution in [0.15, 0.2) is 23.6 Å². The molecule has 0 atom stereocenters. The molecule has 2 nitrogen and oxygen atoms in total. The summed E-state index contributed by atoms with van der Waals surface area (Å²) in [7, 11) is 0. The fourth-order valence-corrected chi connectivity index (χ4v) is 2.43. The van der Waals surface area contributed by atoms with E-state index >= 15 is 0 Å². The molecule has 0 fully saturated rings. The van der Waals surface area contributed by atoms with Crippen molar-refractivity contribution in [2.45, 2.75) is 20.3 Å². The molecular weight excluding hydrogens is 254 g/mol. The van der Waals surface area contributed by atoms with Gasteiger partial charge in [-0.05, 0) is 31.5 Å². The van der Waals surface area contributed by atoms with Crippen LogP contribution in [0.1, 0.15) is 26.6 Å². The van der Waals surface area contributed by atoms with Crippen molar-refractivity contribution < 1.29 is 4.79 Å². The lowest BCUT2D eigenvalue weighted by atomic mass is 10.0. The fourth-order valence-electron chi connectivity index (χ4n) is 1.64. The number of halogens is 1. The largest absolute Gasteiger partial charge is 0.294 e. The van der Waals surface area contributed by atoms with Crippen LogP contribution in [0.4, 0.5) is 0 Å². The number of hydrogen-bond donors (Lipinski definition) is 0. The summed E-state index contributed by atoms with van der Waals surface area (Å²) in [6.45, 7) is 3.85. The third-order valence-electron chi connectivity index (χ3n) is 2.51. The zero-order valence-corrected chi connectivity index (χ0v) is 11.2. The van der Waals surface area contributed by atoms with Crippen LogP contribution in [0.25, 0.3) is 0 Å². The Labute approximate surface area is 109 Å². The van der Waals surface area contributed by atoms with Crippen molar-refractivity contribution in [2.24, 2.45) is 0 Å². The molecule has 0 radical (unpaired) electrons. The van der Waals surface area contributed by atoms with Crippen LogP contribution < -0.4 is 0 Å². The van der Waals surface area contributed by atoms with Crippen LogP contribution in [-0.4, -0.2) is 10.8 Å². The second-order valence-corrected chi connectivity index (χ2v) is 5.42. The molecule has 2 aromatic rings. The molecule has 17 heavy (non-hydrogen) atoms. The van der Waals surface area contributed by atoms with Crippen molar-refractivity contribution >= 4 is 28.7 Å². The predicted octanol–water partition coefficient (Wildman–Crippen LogP) is 3.84. The summed E-state index contributed by atoms with van der Waals surface area (Å²) in [6, 6.07) is 5.38. The van der Waals surface area contributed by atoms with Crippen molar-refractivity contribution in [2.75, 3.05) is 0 Å². The summed E-state index contributed by atoms with van der Waals surface area (Å²) in [6.07, 6.45) is 0.339. The first kappa shape index (κ1) is 12.3. The van der Waals surface area contributed by atoms with E-state index in [2.05, 4.69) is 4.98 Å². The van der Waals surface area contributed by atoms with Crippen LogP contribution in [0, 0.1) is 13.8 Å². The zero-order chi connectivity index (χ0) is 12.4. The molecule has 0 amide bonds. The number of aromatic nitrogens is 1. The Balaban J connectivity index is 2.22. The maximum atomic E-state index is 12.1. The first-order valence-electron chi connectivity index (χ1n) is 5.26. The number of thiazole rings is 1. The van der Waals surface area contributed by atoms with Crippen LogP contribution in [0.3, 0.4) is 0 Å². The van der Waals surface area contributed by atoms with Crippen molar-refractivity contribution in [1.29, 1.82) is 0 Å². The Morgan fingerprint density at radius 1 is 1.41 bits per heavy atom. The molecule has 88 valence electrons. The van der Waals surface area contributed by atoms with Gasteiger partial charge in [0.1, 0.15) is 0 Å². The number of carbonyl (C=O) groups excluding carboxylic acids is 1. The Morgan fingerprint density at radius 3 is 2.82 bits per heavy atom. The third kappa shape index (κ3) is 2.93. The van der Waals surface area contributed by atoms with Crippen LogP contribution >= 0.6 is 22.9 Å². The molecular formula is C13H12ClNOS. The number of ketones is 1. The molecule has 2 rings (SSSR count). The van der Waals surface area contributed by atoms with Gasteiger partial charge in [0.15, 0.2) is 5.78 Å². The van der Waals surface area contributed by atoms with E-state index in [1.807, 2.05) is 25.3 Å². The number of carbonyl (C=O) groups is 1. The molecule has 0 N–H and O–H groups in total. The third-order valence-corrected chi connectivity index (χ3v) is 3.57. The van der Waals surface area contributed by atoms with Gasteiger partial charge in [0.05, 0.1) is 17.1 Å². The highest BCUT2D eigenvalue weighted by Gasteiger charge is 2.12. The second-order valence-electron chi connectivity index (χ2n) is 3.92. The molecule has 0 aliphatic carbocycles. The van der Waals surface area contributed by atoms with E-state index in [1.54, 1.807) is 23.5 Å². The Morgan fingerprint density at radius 2 is 2.18 bits per heavy atom. The van der Waals surface area contributed by atoms with Crippen molar-refractivity contribution in [3.63, 3.8) is 0 Å². The van der Waals surface area contributed by atoms with Crippen LogP contribution in [-0.2, 0) is 6.42 Å². The predicted molar refractivity (Wildman–Crippen MR) is 71.1 cm³/mol. The number of aryl methyl sites for hydroxylation is 2. The highest BCUT2D eigenvalue weighted by Crippen LogP contribution is 2.18. The average molecular weight is 266 g/mol. The normalized spacial score (nSPS) is 10.5. The van der Waals surface area contributed by atoms with Gasteiger partial charge in [0.2, 0.25) is 0 Å². The van der Waals surface area contributed by atoms with E-state index in [-0.39, 0.29) is 5.78 Å². The number of hydrogen-bond acceptors (Lipinski definition) is 3. The van der Waals surface area contributed by atoms with E-state index in [9.17, 15) is 4.79 Å². The fraction of sp³-hybridized carbons (Fsp3) is 0.231. The molecule has 0 aliphatic rings. The van der Waals surface area contributed by atoms with Gasteiger partial charge in [-0.2, -0.15) is 0 Å². The van der Waals surface area contributed by atoms with E-state index in [1.165, 1.54) is 0 Å². The molecule has 1 heterocycles. The quantitative estimate of drug-likeness (QED) is 0.790. The topological polar surface area (TPSA) is 30.0 Å². The van der Waals surface area contributed by atoms with E-state index in [4.69, 9.17) is 11.6 Å². The molecule has 0 spiro atoms. The van der Waals surface area contributed by atoms with Crippen LogP contribution in [0.5, 0.6) is 0 Å².